The Labute approximate surface area is 147 Å². The molecule has 3 heteroatoms. The van der Waals surface area contributed by atoms with Crippen LogP contribution in [0.25, 0.3) is 32.3 Å². The monoisotopic (exact) mass is 337 g/mol. The van der Waals surface area contributed by atoms with E-state index in [1.54, 1.807) is 0 Å². The number of aliphatic hydroxyl groups excluding tert-OH is 1. The smallest absolute Gasteiger partial charge is 0.0761 e. The Hall–Kier alpha value is -1.87. The molecule has 3 N–H and O–H groups in total. The van der Waals surface area contributed by atoms with Crippen molar-refractivity contribution in [2.45, 2.75) is 25.0 Å². The van der Waals surface area contributed by atoms with Gasteiger partial charge in [0.15, 0.2) is 0 Å². The Morgan fingerprint density at radius 3 is 2.08 bits per heavy atom. The van der Waals surface area contributed by atoms with Crippen LogP contribution in [0.3, 0.4) is 0 Å². The second kappa shape index (κ2) is 5.59. The molecule has 0 bridgehead atoms. The highest BCUT2D eigenvalue weighted by molar-refractivity contribution is 6.23. The van der Waals surface area contributed by atoms with Crippen molar-refractivity contribution < 1.29 is 5.11 Å². The number of rotatable bonds is 3. The number of benzene rings is 4. The van der Waals surface area contributed by atoms with Gasteiger partial charge in [0.05, 0.1) is 12.1 Å². The zero-order valence-corrected chi connectivity index (χ0v) is 14.1. The summed E-state index contributed by atoms with van der Waals surface area (Å²) in [6.07, 6.45) is 1.76. The molecule has 0 amide bonds. The molecular weight excluding hydrogens is 318 g/mol. The Bertz CT molecular complexity index is 1010. The van der Waals surface area contributed by atoms with Gasteiger partial charge >= 0.3 is 0 Å². The number of nitrogens with two attached hydrogens (primary N) is 1. The molecule has 1 aliphatic rings. The molecular formula is C21H20ClNO. The second-order valence-corrected chi connectivity index (χ2v) is 6.86. The quantitative estimate of drug-likeness (QED) is 0.529. The van der Waals surface area contributed by atoms with Crippen molar-refractivity contribution in [2.24, 2.45) is 11.7 Å². The molecule has 0 unspecified atom stereocenters. The van der Waals surface area contributed by atoms with Gasteiger partial charge in [0.25, 0.3) is 0 Å². The molecule has 5 rings (SSSR count). The van der Waals surface area contributed by atoms with Crippen LogP contribution in [0.4, 0.5) is 0 Å². The first-order valence-electron chi connectivity index (χ1n) is 8.34. The summed E-state index contributed by atoms with van der Waals surface area (Å²) in [5.74, 6) is 0.378. The minimum absolute atomic E-state index is 0. The maximum absolute atomic E-state index is 10.5. The summed E-state index contributed by atoms with van der Waals surface area (Å²) in [5.41, 5.74) is 7.49. The van der Waals surface area contributed by atoms with Crippen molar-refractivity contribution in [3.63, 3.8) is 0 Å². The fraction of sp³-hybridized carbons (Fsp3) is 0.238. The summed E-state index contributed by atoms with van der Waals surface area (Å²) in [5, 5.41) is 18.0. The highest BCUT2D eigenvalue weighted by Crippen LogP contribution is 2.41. The van der Waals surface area contributed by atoms with Crippen LogP contribution in [0.2, 0.25) is 0 Å². The van der Waals surface area contributed by atoms with E-state index in [4.69, 9.17) is 5.73 Å². The van der Waals surface area contributed by atoms with Crippen molar-refractivity contribution >= 4 is 44.7 Å². The van der Waals surface area contributed by atoms with E-state index in [0.29, 0.717) is 5.92 Å². The lowest BCUT2D eigenvalue weighted by molar-refractivity contribution is 0.123. The van der Waals surface area contributed by atoms with E-state index in [1.165, 1.54) is 32.3 Å². The lowest BCUT2D eigenvalue weighted by atomic mass is 9.88. The zero-order chi connectivity index (χ0) is 15.6. The molecule has 0 heterocycles. The third-order valence-corrected chi connectivity index (χ3v) is 5.39. The summed E-state index contributed by atoms with van der Waals surface area (Å²) in [7, 11) is 0. The van der Waals surface area contributed by atoms with Crippen molar-refractivity contribution in [3.8, 4) is 0 Å². The van der Waals surface area contributed by atoms with E-state index in [1.807, 2.05) is 0 Å². The molecule has 4 aromatic rings. The molecule has 0 spiro atoms. The molecule has 1 saturated carbocycles. The number of hydrogen-bond acceptors (Lipinski definition) is 2. The normalized spacial score (nSPS) is 17.2. The standard InChI is InChI=1S/C21H19NO.ClH/c22-20(21(23)15-6-7-15)17-11-9-14-5-4-12-2-1-3-13-8-10-16(17)19(14)18(12)13;/h1-5,8-11,15,20-21,23H,6-7,22H2;1H/t20-,21+;/m1./s1. The predicted molar refractivity (Wildman–Crippen MR) is 103 cm³/mol. The van der Waals surface area contributed by atoms with E-state index >= 15 is 0 Å². The minimum Gasteiger partial charge on any atom is -0.391 e. The van der Waals surface area contributed by atoms with Crippen LogP contribution in [0, 0.1) is 5.92 Å². The van der Waals surface area contributed by atoms with Crippen molar-refractivity contribution in [1.29, 1.82) is 0 Å². The molecule has 0 radical (unpaired) electrons. The summed E-state index contributed by atoms with van der Waals surface area (Å²) < 4.78 is 0. The lowest BCUT2D eigenvalue weighted by Gasteiger charge is -2.22. The molecule has 0 aliphatic heterocycles. The number of halogens is 1. The summed E-state index contributed by atoms with van der Waals surface area (Å²) in [4.78, 5) is 0. The predicted octanol–water partition coefficient (Wildman–Crippen LogP) is 4.78. The molecule has 1 aliphatic carbocycles. The average Bonchev–Trinajstić information content (AvgIpc) is 3.43. The minimum atomic E-state index is -0.437. The van der Waals surface area contributed by atoms with Crippen LogP contribution in [0.5, 0.6) is 0 Å². The van der Waals surface area contributed by atoms with Gasteiger partial charge in [-0.3, -0.25) is 0 Å². The topological polar surface area (TPSA) is 46.2 Å². The van der Waals surface area contributed by atoms with Gasteiger partial charge in [-0.25, -0.2) is 0 Å². The first-order valence-corrected chi connectivity index (χ1v) is 8.34. The van der Waals surface area contributed by atoms with E-state index in [2.05, 4.69) is 54.6 Å². The molecule has 24 heavy (non-hydrogen) atoms. The summed E-state index contributed by atoms with van der Waals surface area (Å²) in [6, 6.07) is 19.0. The van der Waals surface area contributed by atoms with Gasteiger partial charge in [-0.15, -0.1) is 12.4 Å². The highest BCUT2D eigenvalue weighted by Gasteiger charge is 2.34. The number of hydrogen-bond donors (Lipinski definition) is 2. The van der Waals surface area contributed by atoms with Crippen molar-refractivity contribution in [2.75, 3.05) is 0 Å². The molecule has 0 aromatic heterocycles. The van der Waals surface area contributed by atoms with Crippen molar-refractivity contribution in [3.05, 3.63) is 60.2 Å². The van der Waals surface area contributed by atoms with Gasteiger partial charge in [-0.1, -0.05) is 54.6 Å². The highest BCUT2D eigenvalue weighted by atomic mass is 35.5. The molecule has 122 valence electrons. The van der Waals surface area contributed by atoms with Crippen LogP contribution < -0.4 is 5.73 Å². The van der Waals surface area contributed by atoms with Crippen LogP contribution in [0.15, 0.2) is 54.6 Å². The Morgan fingerprint density at radius 1 is 0.833 bits per heavy atom. The third kappa shape index (κ3) is 2.18. The third-order valence-electron chi connectivity index (χ3n) is 5.39. The molecule has 2 atom stereocenters. The average molecular weight is 338 g/mol. The molecule has 4 aromatic carbocycles. The maximum atomic E-state index is 10.5. The molecule has 2 nitrogen and oxygen atoms in total. The maximum Gasteiger partial charge on any atom is 0.0761 e. The zero-order valence-electron chi connectivity index (χ0n) is 13.3. The van der Waals surface area contributed by atoms with Gasteiger partial charge in [0.2, 0.25) is 0 Å². The van der Waals surface area contributed by atoms with Crippen LogP contribution in [0.1, 0.15) is 24.4 Å². The van der Waals surface area contributed by atoms with E-state index in [9.17, 15) is 5.11 Å². The first kappa shape index (κ1) is 15.6. The fourth-order valence-electron chi connectivity index (χ4n) is 3.96. The van der Waals surface area contributed by atoms with Gasteiger partial charge in [-0.2, -0.15) is 0 Å². The van der Waals surface area contributed by atoms with Gasteiger partial charge in [0.1, 0.15) is 0 Å². The Morgan fingerprint density at radius 2 is 1.42 bits per heavy atom. The van der Waals surface area contributed by atoms with Crippen LogP contribution >= 0.6 is 12.4 Å². The fourth-order valence-corrected chi connectivity index (χ4v) is 3.96. The van der Waals surface area contributed by atoms with E-state index in [0.717, 1.165) is 18.4 Å². The summed E-state index contributed by atoms with van der Waals surface area (Å²) in [6.45, 7) is 0. The SMILES string of the molecule is Cl.N[C@H](c1ccc2ccc3cccc4ccc1c2c34)[C@@H](O)C1CC1. The van der Waals surface area contributed by atoms with Crippen molar-refractivity contribution in [1.82, 2.24) is 0 Å². The van der Waals surface area contributed by atoms with Gasteiger partial charge in [-0.05, 0) is 56.6 Å². The second-order valence-electron chi connectivity index (χ2n) is 6.86. The first-order chi connectivity index (χ1) is 11.2. The Balaban J connectivity index is 0.00000146. The van der Waals surface area contributed by atoms with Crippen LogP contribution in [-0.2, 0) is 0 Å². The van der Waals surface area contributed by atoms with E-state index in [-0.39, 0.29) is 18.4 Å². The van der Waals surface area contributed by atoms with Gasteiger partial charge < -0.3 is 10.8 Å². The Kier molecular flexibility index (Phi) is 3.65. The molecule has 1 fully saturated rings. The lowest BCUT2D eigenvalue weighted by Crippen LogP contribution is -2.28. The number of aliphatic hydroxyl groups is 1. The molecule has 0 saturated heterocycles. The largest absolute Gasteiger partial charge is 0.391 e. The van der Waals surface area contributed by atoms with Crippen LogP contribution in [-0.4, -0.2) is 11.2 Å². The van der Waals surface area contributed by atoms with Gasteiger partial charge in [0, 0.05) is 0 Å². The van der Waals surface area contributed by atoms with E-state index < -0.39 is 6.10 Å². The summed E-state index contributed by atoms with van der Waals surface area (Å²) >= 11 is 0.